The molecule has 2 aromatic rings. The van der Waals surface area contributed by atoms with E-state index >= 15 is 0 Å². The van der Waals surface area contributed by atoms with Gasteiger partial charge in [0, 0.05) is 11.2 Å². The van der Waals surface area contributed by atoms with Crippen molar-refractivity contribution in [3.05, 3.63) is 17.8 Å². The summed E-state index contributed by atoms with van der Waals surface area (Å²) in [6.07, 6.45) is 2.16. The van der Waals surface area contributed by atoms with E-state index < -0.39 is 0 Å². The summed E-state index contributed by atoms with van der Waals surface area (Å²) >= 11 is 0. The largest absolute Gasteiger partial charge is 0.369 e. The molecule has 0 saturated heterocycles. The van der Waals surface area contributed by atoms with E-state index in [2.05, 4.69) is 35.3 Å². The summed E-state index contributed by atoms with van der Waals surface area (Å²) < 4.78 is 2.05. The van der Waals surface area contributed by atoms with Crippen LogP contribution >= 0.6 is 0 Å². The fraction of sp³-hybridized carbons (Fsp3) is 0.538. The first kappa shape index (κ1) is 11.9. The Morgan fingerprint density at radius 3 is 2.65 bits per heavy atom. The molecule has 0 bridgehead atoms. The van der Waals surface area contributed by atoms with Crippen molar-refractivity contribution in [3.8, 4) is 0 Å². The molecule has 0 aliphatic rings. The Morgan fingerprint density at radius 1 is 1.29 bits per heavy atom. The van der Waals surface area contributed by atoms with Gasteiger partial charge in [-0.25, -0.2) is 9.97 Å². The molecular formula is C13H20N4. The minimum Gasteiger partial charge on any atom is -0.369 e. The van der Waals surface area contributed by atoms with E-state index in [0.717, 1.165) is 29.7 Å². The predicted octanol–water partition coefficient (Wildman–Crippen LogP) is 2.86. The zero-order valence-electron chi connectivity index (χ0n) is 11.0. The van der Waals surface area contributed by atoms with Gasteiger partial charge in [0.2, 0.25) is 5.95 Å². The maximum Gasteiger partial charge on any atom is 0.202 e. The van der Waals surface area contributed by atoms with Gasteiger partial charge in [-0.05, 0) is 39.3 Å². The molecule has 0 spiro atoms. The van der Waals surface area contributed by atoms with Gasteiger partial charge in [-0.1, -0.05) is 13.3 Å². The van der Waals surface area contributed by atoms with Crippen LogP contribution in [0.1, 0.15) is 39.3 Å². The van der Waals surface area contributed by atoms with Crippen molar-refractivity contribution >= 4 is 17.1 Å². The average Bonchev–Trinajstić information content (AvgIpc) is 2.53. The Bertz CT molecular complexity index is 540. The lowest BCUT2D eigenvalue weighted by atomic mass is 9.98. The summed E-state index contributed by atoms with van der Waals surface area (Å²) in [5, 5.41) is 0. The molecule has 2 N–H and O–H groups in total. The minimum atomic E-state index is -0.0472. The van der Waals surface area contributed by atoms with Gasteiger partial charge in [-0.3, -0.25) is 4.57 Å². The third-order valence-corrected chi connectivity index (χ3v) is 3.14. The number of pyridine rings is 1. The van der Waals surface area contributed by atoms with Crippen LogP contribution in [0, 0.1) is 6.92 Å². The van der Waals surface area contributed by atoms with Gasteiger partial charge in [0.15, 0.2) is 5.65 Å². The molecule has 0 aromatic carbocycles. The van der Waals surface area contributed by atoms with Crippen molar-refractivity contribution in [3.63, 3.8) is 0 Å². The Morgan fingerprint density at radius 2 is 2.00 bits per heavy atom. The van der Waals surface area contributed by atoms with Crippen molar-refractivity contribution in [1.29, 1.82) is 0 Å². The van der Waals surface area contributed by atoms with Gasteiger partial charge in [0.05, 0.1) is 0 Å². The fourth-order valence-corrected chi connectivity index (χ4v) is 2.39. The van der Waals surface area contributed by atoms with Gasteiger partial charge in [0.1, 0.15) is 5.52 Å². The average molecular weight is 232 g/mol. The van der Waals surface area contributed by atoms with E-state index in [1.165, 1.54) is 0 Å². The zero-order valence-corrected chi connectivity index (χ0v) is 11.0. The number of hydrogen-bond acceptors (Lipinski definition) is 3. The highest BCUT2D eigenvalue weighted by Gasteiger charge is 2.25. The lowest BCUT2D eigenvalue weighted by Gasteiger charge is -2.27. The number of aromatic nitrogens is 3. The summed E-state index contributed by atoms with van der Waals surface area (Å²) in [7, 11) is 0. The number of hydrogen-bond donors (Lipinski definition) is 1. The molecule has 0 saturated carbocycles. The monoisotopic (exact) mass is 232 g/mol. The number of nitrogens with two attached hydrogens (primary N) is 1. The van der Waals surface area contributed by atoms with Crippen LogP contribution in [-0.2, 0) is 5.54 Å². The number of nitrogens with zero attached hydrogens (tertiary/aromatic N) is 3. The summed E-state index contributed by atoms with van der Waals surface area (Å²) in [5.41, 5.74) is 8.74. The molecule has 4 heteroatoms. The Labute approximate surface area is 102 Å². The highest BCUT2D eigenvalue weighted by molar-refractivity contribution is 5.74. The van der Waals surface area contributed by atoms with E-state index in [0.29, 0.717) is 5.95 Å². The highest BCUT2D eigenvalue weighted by Crippen LogP contribution is 2.29. The minimum absolute atomic E-state index is 0.0472. The molecule has 2 aromatic heterocycles. The Kier molecular flexibility index (Phi) is 2.81. The summed E-state index contributed by atoms with van der Waals surface area (Å²) in [6, 6.07) is 3.94. The van der Waals surface area contributed by atoms with Crippen molar-refractivity contribution in [2.45, 2.75) is 46.1 Å². The van der Waals surface area contributed by atoms with Crippen LogP contribution in [0.25, 0.3) is 11.2 Å². The van der Waals surface area contributed by atoms with Crippen LogP contribution in [0.5, 0.6) is 0 Å². The molecule has 92 valence electrons. The van der Waals surface area contributed by atoms with Crippen molar-refractivity contribution < 1.29 is 0 Å². The van der Waals surface area contributed by atoms with Gasteiger partial charge >= 0.3 is 0 Å². The van der Waals surface area contributed by atoms with E-state index in [4.69, 9.17) is 5.73 Å². The number of fused-ring (bicyclic) bond motifs is 1. The third-order valence-electron chi connectivity index (χ3n) is 3.14. The summed E-state index contributed by atoms with van der Waals surface area (Å²) in [6.45, 7) is 8.52. The molecule has 0 radical (unpaired) electrons. The van der Waals surface area contributed by atoms with E-state index in [1.54, 1.807) is 0 Å². The molecule has 0 aliphatic heterocycles. The molecule has 2 heterocycles. The number of imidazole rings is 1. The van der Waals surface area contributed by atoms with Crippen LogP contribution in [0.15, 0.2) is 12.1 Å². The number of nitrogen functional groups attached to an aromatic ring is 1. The van der Waals surface area contributed by atoms with Crippen LogP contribution < -0.4 is 5.73 Å². The van der Waals surface area contributed by atoms with E-state index in [9.17, 15) is 0 Å². The highest BCUT2D eigenvalue weighted by atomic mass is 15.2. The first-order valence-electron chi connectivity index (χ1n) is 6.08. The maximum atomic E-state index is 6.03. The second-order valence-electron chi connectivity index (χ2n) is 5.16. The quantitative estimate of drug-likeness (QED) is 0.885. The molecule has 17 heavy (non-hydrogen) atoms. The standard InChI is InChI=1S/C13H20N4/c1-5-8-13(3,4)17-11-10(16-12(17)14)7-6-9(2)15-11/h6-7H,5,8H2,1-4H3,(H2,14,16). The van der Waals surface area contributed by atoms with Crippen molar-refractivity contribution in [2.24, 2.45) is 0 Å². The molecule has 0 fully saturated rings. The lowest BCUT2D eigenvalue weighted by Crippen LogP contribution is -2.27. The first-order valence-corrected chi connectivity index (χ1v) is 6.08. The van der Waals surface area contributed by atoms with Gasteiger partial charge in [0.25, 0.3) is 0 Å². The van der Waals surface area contributed by atoms with E-state index in [-0.39, 0.29) is 5.54 Å². The van der Waals surface area contributed by atoms with Crippen LogP contribution in [0.3, 0.4) is 0 Å². The first-order chi connectivity index (χ1) is 7.95. The SMILES string of the molecule is CCCC(C)(C)n1c(N)nc2ccc(C)nc21. The third kappa shape index (κ3) is 1.99. The van der Waals surface area contributed by atoms with Gasteiger partial charge < -0.3 is 5.73 Å². The number of anilines is 1. The molecule has 0 unspecified atom stereocenters. The fourth-order valence-electron chi connectivity index (χ4n) is 2.39. The van der Waals surface area contributed by atoms with Crippen LogP contribution in [0.2, 0.25) is 0 Å². The Hall–Kier alpha value is -1.58. The number of aryl methyl sites for hydroxylation is 1. The topological polar surface area (TPSA) is 56.7 Å². The molecule has 0 amide bonds. The Balaban J connectivity index is 2.67. The van der Waals surface area contributed by atoms with Crippen LogP contribution in [0.4, 0.5) is 5.95 Å². The maximum absolute atomic E-state index is 6.03. The normalized spacial score (nSPS) is 12.2. The van der Waals surface area contributed by atoms with Crippen molar-refractivity contribution in [1.82, 2.24) is 14.5 Å². The zero-order chi connectivity index (χ0) is 12.6. The van der Waals surface area contributed by atoms with E-state index in [1.807, 2.05) is 19.1 Å². The molecule has 0 aliphatic carbocycles. The smallest absolute Gasteiger partial charge is 0.202 e. The van der Waals surface area contributed by atoms with Crippen molar-refractivity contribution in [2.75, 3.05) is 5.73 Å². The molecule has 0 atom stereocenters. The molecular weight excluding hydrogens is 212 g/mol. The van der Waals surface area contributed by atoms with Crippen LogP contribution in [-0.4, -0.2) is 14.5 Å². The second-order valence-corrected chi connectivity index (χ2v) is 5.16. The molecule has 2 rings (SSSR count). The number of rotatable bonds is 3. The lowest BCUT2D eigenvalue weighted by molar-refractivity contribution is 0.336. The summed E-state index contributed by atoms with van der Waals surface area (Å²) in [5.74, 6) is 0.552. The second kappa shape index (κ2) is 4.02. The predicted molar refractivity (Wildman–Crippen MR) is 70.9 cm³/mol. The van der Waals surface area contributed by atoms with Gasteiger partial charge in [-0.2, -0.15) is 0 Å². The van der Waals surface area contributed by atoms with Gasteiger partial charge in [-0.15, -0.1) is 0 Å². The molecule has 4 nitrogen and oxygen atoms in total. The summed E-state index contributed by atoms with van der Waals surface area (Å²) in [4.78, 5) is 8.95.